The van der Waals surface area contributed by atoms with E-state index in [1.807, 2.05) is 0 Å². The first-order valence-electron chi connectivity index (χ1n) is 6.36. The maximum Gasteiger partial charge on any atom is 0.170 e. The Hall–Kier alpha value is -0.990. The molecule has 0 spiro atoms. The molecule has 0 saturated carbocycles. The quantitative estimate of drug-likeness (QED) is 0.792. The van der Waals surface area contributed by atoms with Crippen LogP contribution in [0.1, 0.15) is 76.5 Å². The molecule has 0 bridgehead atoms. The molecule has 16 heavy (non-hydrogen) atoms. The van der Waals surface area contributed by atoms with Gasteiger partial charge in [0.05, 0.1) is 0 Å². The molecule has 0 saturated heterocycles. The molecule has 0 radical (unpaired) electrons. The number of hydrogen-bond acceptors (Lipinski definition) is 3. The Bertz CT molecular complexity index is 318. The molecule has 0 aliphatic rings. The number of nitrogen functional groups attached to an aromatic ring is 1. The minimum atomic E-state index is 0.386. The van der Waals surface area contributed by atoms with E-state index in [9.17, 15) is 0 Å². The van der Waals surface area contributed by atoms with E-state index in [2.05, 4.69) is 32.9 Å². The Morgan fingerprint density at radius 3 is 2.50 bits per heavy atom. The van der Waals surface area contributed by atoms with Crippen molar-refractivity contribution >= 4 is 5.82 Å². The third kappa shape index (κ3) is 2.77. The molecule has 0 aliphatic heterocycles. The van der Waals surface area contributed by atoms with Gasteiger partial charge in [0, 0.05) is 11.5 Å². The largest absolute Gasteiger partial charge is 0.381 e. The van der Waals surface area contributed by atoms with Crippen LogP contribution in [0.25, 0.3) is 0 Å². The van der Waals surface area contributed by atoms with Crippen LogP contribution in [-0.4, -0.2) is 5.16 Å². The third-order valence-electron chi connectivity index (χ3n) is 3.13. The zero-order valence-electron chi connectivity index (χ0n) is 10.9. The molecule has 92 valence electrons. The van der Waals surface area contributed by atoms with Crippen molar-refractivity contribution in [1.82, 2.24) is 5.16 Å². The number of aromatic nitrogens is 1. The number of rotatable bonds is 6. The molecule has 1 heterocycles. The summed E-state index contributed by atoms with van der Waals surface area (Å²) in [6.07, 6.45) is 4.71. The van der Waals surface area contributed by atoms with Gasteiger partial charge in [0.15, 0.2) is 5.82 Å². The molecular formula is C13H24N2O. The Morgan fingerprint density at radius 2 is 2.00 bits per heavy atom. The van der Waals surface area contributed by atoms with Gasteiger partial charge in [0.1, 0.15) is 5.76 Å². The van der Waals surface area contributed by atoms with Crippen molar-refractivity contribution in [3.63, 3.8) is 0 Å². The first kappa shape index (κ1) is 13.1. The molecule has 1 aromatic heterocycles. The van der Waals surface area contributed by atoms with Crippen molar-refractivity contribution in [1.29, 1.82) is 0 Å². The second kappa shape index (κ2) is 5.92. The fraction of sp³-hybridized carbons (Fsp3) is 0.769. The van der Waals surface area contributed by atoms with Crippen LogP contribution in [-0.2, 0) is 0 Å². The smallest absolute Gasteiger partial charge is 0.170 e. The van der Waals surface area contributed by atoms with E-state index in [-0.39, 0.29) is 0 Å². The van der Waals surface area contributed by atoms with Crippen molar-refractivity contribution < 1.29 is 4.52 Å². The number of nitrogens with two attached hydrogens (primary N) is 1. The topological polar surface area (TPSA) is 52.0 Å². The summed E-state index contributed by atoms with van der Waals surface area (Å²) in [6, 6.07) is 0. The van der Waals surface area contributed by atoms with Crippen LogP contribution in [0.5, 0.6) is 0 Å². The highest BCUT2D eigenvalue weighted by atomic mass is 16.5. The molecule has 0 amide bonds. The number of hydrogen-bond donors (Lipinski definition) is 1. The minimum absolute atomic E-state index is 0.386. The van der Waals surface area contributed by atoms with Gasteiger partial charge >= 0.3 is 0 Å². The lowest BCUT2D eigenvalue weighted by Crippen LogP contribution is -2.02. The van der Waals surface area contributed by atoms with E-state index in [1.165, 1.54) is 19.3 Å². The third-order valence-corrected chi connectivity index (χ3v) is 3.13. The van der Waals surface area contributed by atoms with E-state index in [0.717, 1.165) is 17.7 Å². The van der Waals surface area contributed by atoms with Gasteiger partial charge in [-0.15, -0.1) is 0 Å². The first-order chi connectivity index (χ1) is 7.61. The van der Waals surface area contributed by atoms with Crippen molar-refractivity contribution in [3.8, 4) is 0 Å². The van der Waals surface area contributed by atoms with Crippen LogP contribution < -0.4 is 5.73 Å². The average molecular weight is 224 g/mol. The van der Waals surface area contributed by atoms with Crippen LogP contribution in [0.2, 0.25) is 0 Å². The Kier molecular flexibility index (Phi) is 4.84. The number of anilines is 1. The lowest BCUT2D eigenvalue weighted by molar-refractivity contribution is 0.345. The molecule has 1 aromatic rings. The maximum atomic E-state index is 5.86. The second-order valence-electron chi connectivity index (χ2n) is 4.75. The lowest BCUT2D eigenvalue weighted by Gasteiger charge is -2.14. The van der Waals surface area contributed by atoms with E-state index in [0.29, 0.717) is 17.7 Å². The number of nitrogens with zero attached hydrogens (tertiary/aromatic N) is 1. The van der Waals surface area contributed by atoms with Crippen LogP contribution >= 0.6 is 0 Å². The zero-order valence-corrected chi connectivity index (χ0v) is 10.9. The van der Waals surface area contributed by atoms with Crippen LogP contribution in [0.3, 0.4) is 0 Å². The summed E-state index contributed by atoms with van der Waals surface area (Å²) in [5, 5.41) is 3.92. The summed E-state index contributed by atoms with van der Waals surface area (Å²) in [5.41, 5.74) is 6.97. The van der Waals surface area contributed by atoms with Crippen molar-refractivity contribution in [2.24, 2.45) is 0 Å². The summed E-state index contributed by atoms with van der Waals surface area (Å²) in [6.45, 7) is 8.69. The summed E-state index contributed by atoms with van der Waals surface area (Å²) in [5.74, 6) is 2.45. The monoisotopic (exact) mass is 224 g/mol. The first-order valence-corrected chi connectivity index (χ1v) is 6.36. The Morgan fingerprint density at radius 1 is 1.31 bits per heavy atom. The molecular weight excluding hydrogens is 200 g/mol. The van der Waals surface area contributed by atoms with Crippen molar-refractivity contribution in [3.05, 3.63) is 11.3 Å². The Labute approximate surface area is 98.4 Å². The van der Waals surface area contributed by atoms with Gasteiger partial charge in [-0.3, -0.25) is 0 Å². The van der Waals surface area contributed by atoms with Gasteiger partial charge in [-0.1, -0.05) is 45.7 Å². The lowest BCUT2D eigenvalue weighted by atomic mass is 9.90. The molecule has 0 aliphatic carbocycles. The molecule has 1 atom stereocenters. The maximum absolute atomic E-state index is 5.86. The molecule has 0 fully saturated rings. The standard InChI is InChI=1S/C13H24N2O/c1-5-7-8-10(6-2)12-11(9(3)4)13(14)15-16-12/h9-10H,5-8H2,1-4H3,(H2,14,15). The fourth-order valence-corrected chi connectivity index (χ4v) is 2.17. The van der Waals surface area contributed by atoms with Gasteiger partial charge in [0.2, 0.25) is 0 Å². The van der Waals surface area contributed by atoms with E-state index in [1.54, 1.807) is 0 Å². The molecule has 3 nitrogen and oxygen atoms in total. The summed E-state index contributed by atoms with van der Waals surface area (Å²) in [4.78, 5) is 0. The van der Waals surface area contributed by atoms with Gasteiger partial charge in [-0.25, -0.2) is 0 Å². The molecule has 1 rings (SSSR count). The molecule has 3 heteroatoms. The van der Waals surface area contributed by atoms with Crippen LogP contribution in [0.15, 0.2) is 4.52 Å². The fourth-order valence-electron chi connectivity index (χ4n) is 2.17. The van der Waals surface area contributed by atoms with E-state index >= 15 is 0 Å². The van der Waals surface area contributed by atoms with Crippen molar-refractivity contribution in [2.45, 2.75) is 65.2 Å². The average Bonchev–Trinajstić information content (AvgIpc) is 2.62. The van der Waals surface area contributed by atoms with Crippen LogP contribution in [0, 0.1) is 0 Å². The predicted molar refractivity (Wildman–Crippen MR) is 67.6 cm³/mol. The van der Waals surface area contributed by atoms with Gasteiger partial charge < -0.3 is 10.3 Å². The van der Waals surface area contributed by atoms with Crippen LogP contribution in [0.4, 0.5) is 5.82 Å². The normalized spacial score (nSPS) is 13.3. The summed E-state index contributed by atoms with van der Waals surface area (Å²) in [7, 11) is 0. The second-order valence-corrected chi connectivity index (χ2v) is 4.75. The van der Waals surface area contributed by atoms with Gasteiger partial charge in [-0.2, -0.15) is 0 Å². The minimum Gasteiger partial charge on any atom is -0.381 e. The molecule has 2 N–H and O–H groups in total. The molecule has 1 unspecified atom stereocenters. The van der Waals surface area contributed by atoms with E-state index in [4.69, 9.17) is 10.3 Å². The predicted octanol–water partition coefficient (Wildman–Crippen LogP) is 4.06. The SMILES string of the molecule is CCCCC(CC)c1onc(N)c1C(C)C. The highest BCUT2D eigenvalue weighted by Gasteiger charge is 2.23. The highest BCUT2D eigenvalue weighted by molar-refractivity contribution is 5.43. The molecule has 0 aromatic carbocycles. The summed E-state index contributed by atoms with van der Waals surface area (Å²) < 4.78 is 5.43. The highest BCUT2D eigenvalue weighted by Crippen LogP contribution is 2.34. The van der Waals surface area contributed by atoms with Crippen molar-refractivity contribution in [2.75, 3.05) is 5.73 Å². The zero-order chi connectivity index (χ0) is 12.1. The number of unbranched alkanes of at least 4 members (excludes halogenated alkanes) is 1. The van der Waals surface area contributed by atoms with E-state index < -0.39 is 0 Å². The van der Waals surface area contributed by atoms with Gasteiger partial charge in [0.25, 0.3) is 0 Å². The van der Waals surface area contributed by atoms with Gasteiger partial charge in [-0.05, 0) is 18.8 Å². The summed E-state index contributed by atoms with van der Waals surface area (Å²) >= 11 is 0. The Balaban J connectivity index is 2.91.